The van der Waals surface area contributed by atoms with Crippen LogP contribution in [-0.4, -0.2) is 6.61 Å². The number of benzene rings is 2. The Labute approximate surface area is 127 Å². The first-order valence-electron chi connectivity index (χ1n) is 6.24. The molecule has 1 unspecified atom stereocenters. The maximum Gasteiger partial charge on any atom is 0.119 e. The summed E-state index contributed by atoms with van der Waals surface area (Å²) in [6.45, 7) is 4.72. The van der Waals surface area contributed by atoms with Crippen molar-refractivity contribution in [2.24, 2.45) is 0 Å². The van der Waals surface area contributed by atoms with Crippen molar-refractivity contribution in [2.45, 2.75) is 19.2 Å². The van der Waals surface area contributed by atoms with Gasteiger partial charge in [0.15, 0.2) is 0 Å². The van der Waals surface area contributed by atoms with Gasteiger partial charge in [-0.05, 0) is 48.7 Å². The highest BCUT2D eigenvalue weighted by Gasteiger charge is 2.11. The molecule has 0 aromatic heterocycles. The summed E-state index contributed by atoms with van der Waals surface area (Å²) in [5, 5.41) is -0.137. The standard InChI is InChI=1S/C16H16BrClO/c1-3-19-14-7-4-12(5-8-14)16(18)13-6-9-15(17)11(2)10-13/h4-10,16H,3H2,1-2H3. The maximum atomic E-state index is 6.53. The zero-order chi connectivity index (χ0) is 13.8. The van der Waals surface area contributed by atoms with Crippen LogP contribution in [-0.2, 0) is 0 Å². The minimum Gasteiger partial charge on any atom is -0.494 e. The molecule has 0 aliphatic rings. The Balaban J connectivity index is 2.22. The van der Waals surface area contributed by atoms with Crippen molar-refractivity contribution in [2.75, 3.05) is 6.61 Å². The van der Waals surface area contributed by atoms with Crippen molar-refractivity contribution in [1.82, 2.24) is 0 Å². The Hall–Kier alpha value is -0.990. The Morgan fingerprint density at radius 3 is 2.32 bits per heavy atom. The van der Waals surface area contributed by atoms with Gasteiger partial charge in [0.25, 0.3) is 0 Å². The third-order valence-electron chi connectivity index (χ3n) is 2.96. The molecule has 0 radical (unpaired) electrons. The predicted octanol–water partition coefficient (Wildman–Crippen LogP) is 5.48. The van der Waals surface area contributed by atoms with E-state index >= 15 is 0 Å². The van der Waals surface area contributed by atoms with E-state index in [2.05, 4.69) is 28.9 Å². The summed E-state index contributed by atoms with van der Waals surface area (Å²) in [5.74, 6) is 0.877. The average Bonchev–Trinajstić information content (AvgIpc) is 2.42. The Kier molecular flexibility index (Phi) is 4.89. The Morgan fingerprint density at radius 1 is 1.11 bits per heavy atom. The molecule has 0 bridgehead atoms. The number of hydrogen-bond donors (Lipinski definition) is 0. The maximum absolute atomic E-state index is 6.53. The third-order valence-corrected chi connectivity index (χ3v) is 4.35. The zero-order valence-electron chi connectivity index (χ0n) is 11.0. The minimum absolute atomic E-state index is 0.137. The summed E-state index contributed by atoms with van der Waals surface area (Å²) in [7, 11) is 0. The summed E-state index contributed by atoms with van der Waals surface area (Å²) in [6.07, 6.45) is 0. The van der Waals surface area contributed by atoms with Crippen LogP contribution in [0.25, 0.3) is 0 Å². The molecule has 0 aliphatic carbocycles. The van der Waals surface area contributed by atoms with E-state index in [1.165, 1.54) is 5.56 Å². The van der Waals surface area contributed by atoms with Crippen molar-refractivity contribution < 1.29 is 4.74 Å². The molecular formula is C16H16BrClO. The molecule has 1 atom stereocenters. The molecular weight excluding hydrogens is 324 g/mol. The van der Waals surface area contributed by atoms with Crippen LogP contribution in [0.5, 0.6) is 5.75 Å². The normalized spacial score (nSPS) is 12.2. The Bertz CT molecular complexity index is 551. The molecule has 0 saturated carbocycles. The molecule has 0 aliphatic heterocycles. The number of aryl methyl sites for hydroxylation is 1. The van der Waals surface area contributed by atoms with Gasteiger partial charge in [-0.1, -0.05) is 40.2 Å². The smallest absolute Gasteiger partial charge is 0.119 e. The molecule has 0 heterocycles. The van der Waals surface area contributed by atoms with Gasteiger partial charge in [-0.2, -0.15) is 0 Å². The quantitative estimate of drug-likeness (QED) is 0.670. The van der Waals surface area contributed by atoms with Gasteiger partial charge < -0.3 is 4.74 Å². The van der Waals surface area contributed by atoms with Crippen molar-refractivity contribution in [1.29, 1.82) is 0 Å². The van der Waals surface area contributed by atoms with E-state index in [4.69, 9.17) is 16.3 Å². The van der Waals surface area contributed by atoms with Gasteiger partial charge in [-0.25, -0.2) is 0 Å². The van der Waals surface area contributed by atoms with Crippen LogP contribution in [0.4, 0.5) is 0 Å². The number of halogens is 2. The Morgan fingerprint density at radius 2 is 1.74 bits per heavy atom. The second-order valence-electron chi connectivity index (χ2n) is 4.37. The fourth-order valence-corrected chi connectivity index (χ4v) is 2.45. The van der Waals surface area contributed by atoms with Crippen LogP contribution in [0.3, 0.4) is 0 Å². The van der Waals surface area contributed by atoms with Crippen LogP contribution in [0.1, 0.15) is 29.0 Å². The van der Waals surface area contributed by atoms with E-state index in [0.717, 1.165) is 21.3 Å². The molecule has 2 rings (SSSR count). The van der Waals surface area contributed by atoms with Crippen LogP contribution in [0.2, 0.25) is 0 Å². The van der Waals surface area contributed by atoms with Gasteiger partial charge >= 0.3 is 0 Å². The first kappa shape index (κ1) is 14.4. The minimum atomic E-state index is -0.137. The monoisotopic (exact) mass is 338 g/mol. The van der Waals surface area contributed by atoms with E-state index in [0.29, 0.717) is 6.61 Å². The van der Waals surface area contributed by atoms with Gasteiger partial charge in [0, 0.05) is 4.47 Å². The number of alkyl halides is 1. The first-order chi connectivity index (χ1) is 9.11. The van der Waals surface area contributed by atoms with Crippen molar-refractivity contribution in [3.8, 4) is 5.75 Å². The van der Waals surface area contributed by atoms with Gasteiger partial charge in [-0.3, -0.25) is 0 Å². The molecule has 0 amide bonds. The molecule has 0 spiro atoms. The molecule has 100 valence electrons. The van der Waals surface area contributed by atoms with E-state index in [1.807, 2.05) is 43.3 Å². The number of hydrogen-bond acceptors (Lipinski definition) is 1. The van der Waals surface area contributed by atoms with Gasteiger partial charge in [0.2, 0.25) is 0 Å². The molecule has 0 fully saturated rings. The third kappa shape index (κ3) is 3.52. The topological polar surface area (TPSA) is 9.23 Å². The van der Waals surface area contributed by atoms with Crippen molar-refractivity contribution in [3.63, 3.8) is 0 Å². The van der Waals surface area contributed by atoms with Crippen LogP contribution < -0.4 is 4.74 Å². The van der Waals surface area contributed by atoms with Crippen molar-refractivity contribution in [3.05, 3.63) is 63.6 Å². The lowest BCUT2D eigenvalue weighted by Gasteiger charge is -2.12. The molecule has 0 saturated heterocycles. The summed E-state index contributed by atoms with van der Waals surface area (Å²) >= 11 is 10.0. The fraction of sp³-hybridized carbons (Fsp3) is 0.250. The second kappa shape index (κ2) is 6.44. The predicted molar refractivity (Wildman–Crippen MR) is 84.2 cm³/mol. The lowest BCUT2D eigenvalue weighted by Crippen LogP contribution is -1.95. The average molecular weight is 340 g/mol. The van der Waals surface area contributed by atoms with E-state index in [1.54, 1.807) is 0 Å². The van der Waals surface area contributed by atoms with Crippen LogP contribution in [0.15, 0.2) is 46.9 Å². The molecule has 19 heavy (non-hydrogen) atoms. The van der Waals surface area contributed by atoms with E-state index in [9.17, 15) is 0 Å². The molecule has 0 N–H and O–H groups in total. The lowest BCUT2D eigenvalue weighted by molar-refractivity contribution is 0.340. The van der Waals surface area contributed by atoms with Crippen molar-refractivity contribution >= 4 is 27.5 Å². The lowest BCUT2D eigenvalue weighted by atomic mass is 10.0. The van der Waals surface area contributed by atoms with Gasteiger partial charge in [0.05, 0.1) is 12.0 Å². The van der Waals surface area contributed by atoms with Crippen LogP contribution in [0, 0.1) is 6.92 Å². The largest absolute Gasteiger partial charge is 0.494 e. The SMILES string of the molecule is CCOc1ccc(C(Cl)c2ccc(Br)c(C)c2)cc1. The highest BCUT2D eigenvalue weighted by atomic mass is 79.9. The van der Waals surface area contributed by atoms with Gasteiger partial charge in [0.1, 0.15) is 5.75 Å². The summed E-state index contributed by atoms with van der Waals surface area (Å²) in [6, 6.07) is 14.1. The molecule has 2 aromatic carbocycles. The van der Waals surface area contributed by atoms with Gasteiger partial charge in [-0.15, -0.1) is 11.6 Å². The van der Waals surface area contributed by atoms with Crippen LogP contribution >= 0.6 is 27.5 Å². The number of ether oxygens (including phenoxy) is 1. The summed E-state index contributed by atoms with van der Waals surface area (Å²) in [4.78, 5) is 0. The van der Waals surface area contributed by atoms with E-state index in [-0.39, 0.29) is 5.38 Å². The first-order valence-corrected chi connectivity index (χ1v) is 7.47. The zero-order valence-corrected chi connectivity index (χ0v) is 13.3. The summed E-state index contributed by atoms with van der Waals surface area (Å²) in [5.41, 5.74) is 3.37. The fourth-order valence-electron chi connectivity index (χ4n) is 1.92. The van der Waals surface area contributed by atoms with E-state index < -0.39 is 0 Å². The molecule has 1 nitrogen and oxygen atoms in total. The molecule has 3 heteroatoms. The summed E-state index contributed by atoms with van der Waals surface area (Å²) < 4.78 is 6.54. The highest BCUT2D eigenvalue weighted by Crippen LogP contribution is 2.31. The molecule has 2 aromatic rings. The number of rotatable bonds is 4. The second-order valence-corrected chi connectivity index (χ2v) is 5.66. The highest BCUT2D eigenvalue weighted by molar-refractivity contribution is 9.10.